The van der Waals surface area contributed by atoms with Crippen LogP contribution in [0.15, 0.2) is 4.99 Å². The van der Waals surface area contributed by atoms with E-state index in [0.29, 0.717) is 25.1 Å². The van der Waals surface area contributed by atoms with Gasteiger partial charge in [-0.2, -0.15) is 11.8 Å². The number of carbonyl (C=O) groups excluding carboxylic acids is 1. The van der Waals surface area contributed by atoms with E-state index >= 15 is 0 Å². The predicted molar refractivity (Wildman–Crippen MR) is 105 cm³/mol. The summed E-state index contributed by atoms with van der Waals surface area (Å²) in [7, 11) is 0. The topological polar surface area (TPSA) is 74.8 Å². The summed E-state index contributed by atoms with van der Waals surface area (Å²) in [5.74, 6) is 2.59. The lowest BCUT2D eigenvalue weighted by atomic mass is 10.2. The number of amides is 1. The summed E-state index contributed by atoms with van der Waals surface area (Å²) in [4.78, 5) is 16.5. The number of aliphatic imine (C=N–C) groups is 1. The Labute approximate surface area is 156 Å². The molecule has 6 nitrogen and oxygen atoms in total. The summed E-state index contributed by atoms with van der Waals surface area (Å²) in [6.45, 7) is 7.96. The van der Waals surface area contributed by atoms with Gasteiger partial charge in [0.15, 0.2) is 5.96 Å². The van der Waals surface area contributed by atoms with Gasteiger partial charge < -0.3 is 20.7 Å². The number of carbonyl (C=O) groups is 1. The van der Waals surface area contributed by atoms with Crippen LogP contribution in [0.4, 0.5) is 4.79 Å². The van der Waals surface area contributed by atoms with Crippen LogP contribution < -0.4 is 16.0 Å². The molecule has 0 saturated heterocycles. The maximum atomic E-state index is 11.7. The number of nitrogens with one attached hydrogen (secondary N) is 3. The molecule has 0 aromatic heterocycles. The molecule has 0 aliphatic heterocycles. The monoisotopic (exact) mass is 370 g/mol. The molecular weight excluding hydrogens is 336 g/mol. The molecule has 7 heteroatoms. The molecule has 3 unspecified atom stereocenters. The van der Waals surface area contributed by atoms with E-state index in [4.69, 9.17) is 9.73 Å². The Hall–Kier alpha value is -1.11. The smallest absolute Gasteiger partial charge is 0.407 e. The Morgan fingerprint density at radius 3 is 2.68 bits per heavy atom. The summed E-state index contributed by atoms with van der Waals surface area (Å²) in [6.07, 6.45) is 5.68. The molecule has 3 N–H and O–H groups in total. The molecule has 0 aromatic rings. The Morgan fingerprint density at radius 1 is 1.24 bits per heavy atom. The van der Waals surface area contributed by atoms with E-state index in [0.717, 1.165) is 30.6 Å². The Kier molecular flexibility index (Phi) is 8.72. The Balaban J connectivity index is 1.85. The van der Waals surface area contributed by atoms with Crippen LogP contribution in [0.1, 0.15) is 52.9 Å². The number of ether oxygens (including phenoxy) is 1. The second-order valence-electron chi connectivity index (χ2n) is 6.76. The molecule has 2 aliphatic rings. The highest BCUT2D eigenvalue weighted by atomic mass is 32.2. The first-order chi connectivity index (χ1) is 12.2. The largest absolute Gasteiger partial charge is 0.450 e. The van der Waals surface area contributed by atoms with Gasteiger partial charge in [-0.1, -0.05) is 6.92 Å². The van der Waals surface area contributed by atoms with Crippen molar-refractivity contribution in [1.29, 1.82) is 0 Å². The zero-order chi connectivity index (χ0) is 18.1. The van der Waals surface area contributed by atoms with Crippen molar-refractivity contribution in [3.8, 4) is 0 Å². The third kappa shape index (κ3) is 7.34. The molecule has 0 aromatic carbocycles. The van der Waals surface area contributed by atoms with Gasteiger partial charge in [-0.25, -0.2) is 4.79 Å². The molecule has 144 valence electrons. The van der Waals surface area contributed by atoms with Crippen LogP contribution in [0.5, 0.6) is 0 Å². The fourth-order valence-electron chi connectivity index (χ4n) is 3.30. The molecule has 2 rings (SSSR count). The van der Waals surface area contributed by atoms with Gasteiger partial charge in [0, 0.05) is 17.8 Å². The summed E-state index contributed by atoms with van der Waals surface area (Å²) in [6, 6.07) is 0.570. The lowest BCUT2D eigenvalue weighted by Crippen LogP contribution is -2.44. The molecule has 0 bridgehead atoms. The molecule has 0 radical (unpaired) electrons. The highest BCUT2D eigenvalue weighted by molar-refractivity contribution is 7.99. The number of hydrogen-bond donors (Lipinski definition) is 3. The quantitative estimate of drug-likeness (QED) is 0.430. The maximum absolute atomic E-state index is 11.7. The third-order valence-electron chi connectivity index (χ3n) is 4.69. The van der Waals surface area contributed by atoms with Crippen LogP contribution in [0.2, 0.25) is 0 Å². The minimum atomic E-state index is -0.331. The second-order valence-corrected chi connectivity index (χ2v) is 8.34. The normalized spacial score (nSPS) is 24.7. The van der Waals surface area contributed by atoms with Gasteiger partial charge in [0.2, 0.25) is 0 Å². The number of nitrogens with zero attached hydrogens (tertiary/aromatic N) is 1. The van der Waals surface area contributed by atoms with Crippen molar-refractivity contribution in [1.82, 2.24) is 16.0 Å². The molecule has 25 heavy (non-hydrogen) atoms. The van der Waals surface area contributed by atoms with Gasteiger partial charge in [-0.3, -0.25) is 4.99 Å². The fourth-order valence-corrected chi connectivity index (χ4v) is 4.44. The molecule has 1 amide bonds. The van der Waals surface area contributed by atoms with Crippen molar-refractivity contribution in [2.75, 3.05) is 25.4 Å². The van der Waals surface area contributed by atoms with Crippen molar-refractivity contribution >= 4 is 23.8 Å². The minimum absolute atomic E-state index is 0.0708. The van der Waals surface area contributed by atoms with E-state index in [2.05, 4.69) is 41.6 Å². The van der Waals surface area contributed by atoms with Crippen LogP contribution in [0, 0.1) is 5.92 Å². The average Bonchev–Trinajstić information content (AvgIpc) is 3.33. The van der Waals surface area contributed by atoms with Crippen LogP contribution in [-0.4, -0.2) is 54.8 Å². The van der Waals surface area contributed by atoms with E-state index < -0.39 is 0 Å². The van der Waals surface area contributed by atoms with Gasteiger partial charge in [-0.05, 0) is 57.6 Å². The van der Waals surface area contributed by atoms with E-state index in [9.17, 15) is 4.79 Å². The zero-order valence-corrected chi connectivity index (χ0v) is 16.7. The molecule has 2 aliphatic carbocycles. The highest BCUT2D eigenvalue weighted by Gasteiger charge is 2.32. The first kappa shape index (κ1) is 20.2. The molecular formula is C18H34N4O2S. The predicted octanol–water partition coefficient (Wildman–Crippen LogP) is 2.74. The van der Waals surface area contributed by atoms with Crippen molar-refractivity contribution in [2.45, 2.75) is 70.2 Å². The summed E-state index contributed by atoms with van der Waals surface area (Å²) >= 11 is 2.06. The molecule has 2 fully saturated rings. The fraction of sp³-hybridized carbons (Fsp3) is 0.889. The molecule has 2 saturated carbocycles. The number of rotatable bonds is 9. The summed E-state index contributed by atoms with van der Waals surface area (Å²) in [5.41, 5.74) is 0. The number of alkyl carbamates (subject to hydrolysis) is 1. The van der Waals surface area contributed by atoms with Crippen molar-refractivity contribution in [3.05, 3.63) is 0 Å². The number of hydrogen-bond acceptors (Lipinski definition) is 4. The van der Waals surface area contributed by atoms with Gasteiger partial charge in [-0.15, -0.1) is 0 Å². The van der Waals surface area contributed by atoms with E-state index in [1.807, 2.05) is 6.92 Å². The van der Waals surface area contributed by atoms with Gasteiger partial charge in [0.25, 0.3) is 0 Å². The van der Waals surface area contributed by atoms with Crippen LogP contribution in [0.25, 0.3) is 0 Å². The lowest BCUT2D eigenvalue weighted by molar-refractivity contribution is 0.147. The van der Waals surface area contributed by atoms with Gasteiger partial charge in [0.1, 0.15) is 0 Å². The molecule has 3 atom stereocenters. The van der Waals surface area contributed by atoms with Crippen molar-refractivity contribution < 1.29 is 9.53 Å². The first-order valence-corrected chi connectivity index (χ1v) is 10.8. The van der Waals surface area contributed by atoms with Crippen molar-refractivity contribution in [3.63, 3.8) is 0 Å². The summed E-state index contributed by atoms with van der Waals surface area (Å²) < 4.78 is 5.01. The van der Waals surface area contributed by atoms with E-state index in [-0.39, 0.29) is 12.1 Å². The van der Waals surface area contributed by atoms with Gasteiger partial charge in [0.05, 0.1) is 19.2 Å². The number of thioether (sulfide) groups is 1. The van der Waals surface area contributed by atoms with Crippen LogP contribution in [0.3, 0.4) is 0 Å². The lowest BCUT2D eigenvalue weighted by Gasteiger charge is -2.20. The van der Waals surface area contributed by atoms with E-state index in [1.165, 1.54) is 25.0 Å². The maximum Gasteiger partial charge on any atom is 0.407 e. The zero-order valence-electron chi connectivity index (χ0n) is 15.8. The standard InChI is InChI=1S/C18H34N4O2S/c1-4-19-17(21-14-9-10-15(11-14)25-6-3)20-12-16(13-7-8-13)22-18(23)24-5-2/h13-16H,4-12H2,1-3H3,(H,22,23)(H2,19,20,21). The van der Waals surface area contributed by atoms with E-state index in [1.54, 1.807) is 0 Å². The second kappa shape index (κ2) is 10.8. The van der Waals surface area contributed by atoms with Crippen LogP contribution >= 0.6 is 11.8 Å². The number of guanidine groups is 1. The van der Waals surface area contributed by atoms with Gasteiger partial charge >= 0.3 is 6.09 Å². The van der Waals surface area contributed by atoms with Crippen molar-refractivity contribution in [2.24, 2.45) is 10.9 Å². The highest BCUT2D eigenvalue weighted by Crippen LogP contribution is 2.33. The van der Waals surface area contributed by atoms with Crippen LogP contribution in [-0.2, 0) is 4.74 Å². The SMILES string of the molecule is CCNC(=NCC(NC(=O)OCC)C1CC1)NC1CCC(SCC)C1. The molecule has 0 heterocycles. The third-order valence-corrected chi connectivity index (χ3v) is 5.92. The average molecular weight is 371 g/mol. The molecule has 0 spiro atoms. The first-order valence-electron chi connectivity index (χ1n) is 9.75. The minimum Gasteiger partial charge on any atom is -0.450 e. The Bertz CT molecular complexity index is 443. The summed E-state index contributed by atoms with van der Waals surface area (Å²) in [5, 5.41) is 10.7. The Morgan fingerprint density at radius 2 is 2.04 bits per heavy atom.